The second-order valence-electron chi connectivity index (χ2n) is 7.12. The molecule has 0 aromatic carbocycles. The second kappa shape index (κ2) is 6.85. The molecule has 3 N–H and O–H groups in total. The number of nitrogens with one attached hydrogen (secondary N) is 1. The fourth-order valence-corrected chi connectivity index (χ4v) is 3.32. The third-order valence-corrected chi connectivity index (χ3v) is 4.60. The number of carbonyl (C=O) groups is 2. The maximum absolute atomic E-state index is 12.4. The third kappa shape index (κ3) is 3.83. The van der Waals surface area contributed by atoms with Crippen molar-refractivity contribution in [2.75, 3.05) is 13.2 Å². The van der Waals surface area contributed by atoms with Crippen LogP contribution in [0, 0.1) is 5.92 Å². The first-order valence-corrected chi connectivity index (χ1v) is 8.66. The molecule has 2 heterocycles. The summed E-state index contributed by atoms with van der Waals surface area (Å²) in [4.78, 5) is 32.7. The predicted molar refractivity (Wildman–Crippen MR) is 89.3 cm³/mol. The van der Waals surface area contributed by atoms with Gasteiger partial charge in [0.05, 0.1) is 5.54 Å². The van der Waals surface area contributed by atoms with Crippen LogP contribution in [0.1, 0.15) is 62.3 Å². The minimum atomic E-state index is -0.865. The van der Waals surface area contributed by atoms with Crippen molar-refractivity contribution in [1.82, 2.24) is 15.3 Å². The number of amides is 2. The fourth-order valence-electron chi connectivity index (χ4n) is 3.32. The van der Waals surface area contributed by atoms with E-state index in [9.17, 15) is 9.59 Å². The maximum atomic E-state index is 12.4. The molecular weight excluding hydrogens is 324 g/mol. The number of aromatic nitrogens is 2. The normalized spacial score (nSPS) is 17.4. The molecule has 0 saturated heterocycles. The van der Waals surface area contributed by atoms with Crippen molar-refractivity contribution >= 4 is 11.8 Å². The van der Waals surface area contributed by atoms with Gasteiger partial charge < -0.3 is 20.5 Å². The highest BCUT2D eigenvalue weighted by Gasteiger charge is 2.32. The van der Waals surface area contributed by atoms with E-state index in [0.29, 0.717) is 25.6 Å². The van der Waals surface area contributed by atoms with Crippen LogP contribution < -0.4 is 20.5 Å². The van der Waals surface area contributed by atoms with E-state index in [4.69, 9.17) is 15.2 Å². The number of rotatable bonds is 5. The molecule has 0 unspecified atom stereocenters. The Balaban J connectivity index is 1.82. The van der Waals surface area contributed by atoms with Crippen molar-refractivity contribution in [3.05, 3.63) is 11.5 Å². The van der Waals surface area contributed by atoms with Crippen LogP contribution >= 0.6 is 0 Å². The number of ether oxygens (including phenoxy) is 2. The van der Waals surface area contributed by atoms with Gasteiger partial charge in [0, 0.05) is 6.42 Å². The Morgan fingerprint density at radius 3 is 2.56 bits per heavy atom. The Labute approximate surface area is 146 Å². The Bertz CT molecular complexity index is 683. The molecule has 136 valence electrons. The quantitative estimate of drug-likeness (QED) is 0.828. The summed E-state index contributed by atoms with van der Waals surface area (Å²) in [6.07, 6.45) is 5.07. The number of hydrogen-bond acceptors (Lipinski definition) is 6. The van der Waals surface area contributed by atoms with Crippen LogP contribution in [0.4, 0.5) is 0 Å². The van der Waals surface area contributed by atoms with Crippen LogP contribution in [-0.2, 0) is 10.3 Å². The van der Waals surface area contributed by atoms with Gasteiger partial charge in [-0.3, -0.25) is 9.59 Å². The summed E-state index contributed by atoms with van der Waals surface area (Å²) in [7, 11) is 0. The SMILES string of the molecule is CC(C)(NC(=O)CC1CCCC1)c1nc2c(c(C(N)=O)n1)OCCO2. The van der Waals surface area contributed by atoms with Crippen molar-refractivity contribution in [1.29, 1.82) is 0 Å². The molecule has 0 bridgehead atoms. The lowest BCUT2D eigenvalue weighted by molar-refractivity contribution is -0.123. The zero-order chi connectivity index (χ0) is 18.0. The molecule has 1 fully saturated rings. The molecule has 0 radical (unpaired) electrons. The summed E-state index contributed by atoms with van der Waals surface area (Å²) < 4.78 is 10.9. The average molecular weight is 348 g/mol. The van der Waals surface area contributed by atoms with Gasteiger partial charge in [0.15, 0.2) is 11.5 Å². The molecule has 8 heteroatoms. The van der Waals surface area contributed by atoms with E-state index in [2.05, 4.69) is 15.3 Å². The van der Waals surface area contributed by atoms with Gasteiger partial charge in [-0.1, -0.05) is 12.8 Å². The van der Waals surface area contributed by atoms with Crippen LogP contribution in [-0.4, -0.2) is 35.0 Å². The first-order chi connectivity index (χ1) is 11.9. The molecule has 3 rings (SSSR count). The molecule has 2 amide bonds. The van der Waals surface area contributed by atoms with Crippen LogP contribution in [0.15, 0.2) is 0 Å². The van der Waals surface area contributed by atoms with Gasteiger partial charge in [-0.15, -0.1) is 0 Å². The molecule has 1 aromatic heterocycles. The minimum Gasteiger partial charge on any atom is -0.483 e. The van der Waals surface area contributed by atoms with Crippen LogP contribution in [0.25, 0.3) is 0 Å². The Morgan fingerprint density at radius 1 is 1.20 bits per heavy atom. The van der Waals surface area contributed by atoms with Crippen molar-refractivity contribution in [2.24, 2.45) is 11.7 Å². The minimum absolute atomic E-state index is 0.0298. The number of nitrogens with two attached hydrogens (primary N) is 1. The van der Waals surface area contributed by atoms with E-state index in [1.165, 1.54) is 12.8 Å². The summed E-state index contributed by atoms with van der Waals surface area (Å²) in [5.41, 5.74) is 4.51. The molecular formula is C17H24N4O4. The fraction of sp³-hybridized carbons (Fsp3) is 0.647. The van der Waals surface area contributed by atoms with Gasteiger partial charge in [-0.2, -0.15) is 4.98 Å². The van der Waals surface area contributed by atoms with E-state index in [0.717, 1.165) is 12.8 Å². The van der Waals surface area contributed by atoms with E-state index in [1.54, 1.807) is 13.8 Å². The monoisotopic (exact) mass is 348 g/mol. The number of primary amides is 1. The average Bonchev–Trinajstić information content (AvgIpc) is 3.05. The molecule has 1 aliphatic carbocycles. The smallest absolute Gasteiger partial charge is 0.271 e. The van der Waals surface area contributed by atoms with Crippen molar-refractivity contribution in [2.45, 2.75) is 51.5 Å². The molecule has 1 saturated carbocycles. The molecule has 0 spiro atoms. The van der Waals surface area contributed by atoms with Gasteiger partial charge in [0.1, 0.15) is 13.2 Å². The molecule has 0 atom stereocenters. The van der Waals surface area contributed by atoms with Gasteiger partial charge >= 0.3 is 0 Å². The number of carbonyl (C=O) groups excluding carboxylic acids is 2. The van der Waals surface area contributed by atoms with E-state index in [1.807, 2.05) is 0 Å². The Kier molecular flexibility index (Phi) is 4.78. The second-order valence-corrected chi connectivity index (χ2v) is 7.12. The molecule has 25 heavy (non-hydrogen) atoms. The molecule has 1 aromatic rings. The van der Waals surface area contributed by atoms with E-state index < -0.39 is 11.4 Å². The summed E-state index contributed by atoms with van der Waals surface area (Å²) in [6, 6.07) is 0. The van der Waals surface area contributed by atoms with Crippen LogP contribution in [0.5, 0.6) is 11.6 Å². The van der Waals surface area contributed by atoms with Gasteiger partial charge in [0.2, 0.25) is 11.7 Å². The highest BCUT2D eigenvalue weighted by molar-refractivity contribution is 5.94. The van der Waals surface area contributed by atoms with Crippen LogP contribution in [0.3, 0.4) is 0 Å². The van der Waals surface area contributed by atoms with E-state index in [-0.39, 0.29) is 29.1 Å². The van der Waals surface area contributed by atoms with Crippen molar-refractivity contribution in [3.8, 4) is 11.6 Å². The predicted octanol–water partition coefficient (Wildman–Crippen LogP) is 1.28. The molecule has 1 aliphatic heterocycles. The van der Waals surface area contributed by atoms with Gasteiger partial charge in [0.25, 0.3) is 11.8 Å². The Morgan fingerprint density at radius 2 is 1.88 bits per heavy atom. The maximum Gasteiger partial charge on any atom is 0.271 e. The lowest BCUT2D eigenvalue weighted by Gasteiger charge is -2.27. The summed E-state index contributed by atoms with van der Waals surface area (Å²) in [6.45, 7) is 4.21. The van der Waals surface area contributed by atoms with Gasteiger partial charge in [-0.25, -0.2) is 4.98 Å². The largest absolute Gasteiger partial charge is 0.483 e. The first-order valence-electron chi connectivity index (χ1n) is 8.66. The zero-order valence-electron chi connectivity index (χ0n) is 14.6. The molecule has 8 nitrogen and oxygen atoms in total. The first kappa shape index (κ1) is 17.4. The van der Waals surface area contributed by atoms with Crippen LogP contribution in [0.2, 0.25) is 0 Å². The highest BCUT2D eigenvalue weighted by Crippen LogP contribution is 2.33. The topological polar surface area (TPSA) is 116 Å². The zero-order valence-corrected chi connectivity index (χ0v) is 14.6. The lowest BCUT2D eigenvalue weighted by Crippen LogP contribution is -2.43. The number of nitrogens with zero attached hydrogens (tertiary/aromatic N) is 2. The number of fused-ring (bicyclic) bond motifs is 1. The summed E-state index contributed by atoms with van der Waals surface area (Å²) >= 11 is 0. The van der Waals surface area contributed by atoms with Gasteiger partial charge in [-0.05, 0) is 32.6 Å². The Hall–Kier alpha value is -2.38. The highest BCUT2D eigenvalue weighted by atomic mass is 16.6. The summed E-state index contributed by atoms with van der Waals surface area (Å²) in [5, 5.41) is 2.96. The summed E-state index contributed by atoms with van der Waals surface area (Å²) in [5.74, 6) is 0.289. The lowest BCUT2D eigenvalue weighted by atomic mass is 10.00. The number of hydrogen-bond donors (Lipinski definition) is 2. The standard InChI is InChI=1S/C17H24N4O4/c1-17(2,21-11(22)9-10-5-3-4-6-10)16-19-12(14(18)23)13-15(20-16)25-8-7-24-13/h10H,3-9H2,1-2H3,(H2,18,23)(H,21,22). The van der Waals surface area contributed by atoms with Crippen molar-refractivity contribution in [3.63, 3.8) is 0 Å². The molecule has 2 aliphatic rings. The van der Waals surface area contributed by atoms with Crippen molar-refractivity contribution < 1.29 is 19.1 Å². The van der Waals surface area contributed by atoms with E-state index >= 15 is 0 Å². The third-order valence-electron chi connectivity index (χ3n) is 4.60.